The molecule has 1 aliphatic heterocycles. The number of hydroxylamine groups is 2. The second-order valence-electron chi connectivity index (χ2n) is 6.01. The zero-order chi connectivity index (χ0) is 17.7. The van der Waals surface area contributed by atoms with Gasteiger partial charge in [-0.2, -0.15) is 11.8 Å². The predicted molar refractivity (Wildman–Crippen MR) is 94.5 cm³/mol. The van der Waals surface area contributed by atoms with Gasteiger partial charge in [0.25, 0.3) is 0 Å². The highest BCUT2D eigenvalue weighted by atomic mass is 32.2. The van der Waals surface area contributed by atoms with E-state index in [4.69, 9.17) is 9.47 Å². The van der Waals surface area contributed by atoms with Gasteiger partial charge in [0, 0.05) is 50.1 Å². The first kappa shape index (κ1) is 18.8. The molecule has 24 heavy (non-hydrogen) atoms. The first-order chi connectivity index (χ1) is 11.3. The van der Waals surface area contributed by atoms with Gasteiger partial charge in [-0.25, -0.2) is 0 Å². The van der Waals surface area contributed by atoms with Crippen molar-refractivity contribution in [2.24, 2.45) is 0 Å². The normalized spacial score (nSPS) is 15.3. The highest BCUT2D eigenvalue weighted by molar-refractivity contribution is 7.98. The molecule has 0 saturated carbocycles. The van der Waals surface area contributed by atoms with Crippen molar-refractivity contribution < 1.29 is 14.3 Å². The highest BCUT2D eigenvalue weighted by Crippen LogP contribution is 2.36. The Balaban J connectivity index is 1.92. The molecular formula is C17H23N2O4S-. The van der Waals surface area contributed by atoms with E-state index in [-0.39, 0.29) is 13.0 Å². The monoisotopic (exact) mass is 351 g/mol. The van der Waals surface area contributed by atoms with E-state index < -0.39 is 11.7 Å². The topological polar surface area (TPSA) is 74.7 Å². The molecule has 132 valence electrons. The SMILES string of the molecule is C=CCN([O-])C(=O)CCSCc1cnc(C)c2c1COC(C)(C)O2. The third kappa shape index (κ3) is 4.72. The summed E-state index contributed by atoms with van der Waals surface area (Å²) in [4.78, 5) is 16.0. The summed E-state index contributed by atoms with van der Waals surface area (Å²) in [5, 5.41) is 11.8. The van der Waals surface area contributed by atoms with Crippen LogP contribution in [0, 0.1) is 12.1 Å². The van der Waals surface area contributed by atoms with Gasteiger partial charge in [-0.15, -0.1) is 6.58 Å². The minimum Gasteiger partial charge on any atom is -0.756 e. The van der Waals surface area contributed by atoms with E-state index in [0.717, 1.165) is 22.6 Å². The Labute approximate surface area is 146 Å². The molecule has 0 N–H and O–H groups in total. The van der Waals surface area contributed by atoms with Crippen LogP contribution < -0.4 is 4.74 Å². The molecule has 6 nitrogen and oxygen atoms in total. The van der Waals surface area contributed by atoms with Gasteiger partial charge in [-0.05, 0) is 12.5 Å². The van der Waals surface area contributed by atoms with Gasteiger partial charge in [0.2, 0.25) is 11.7 Å². The van der Waals surface area contributed by atoms with Gasteiger partial charge in [0.1, 0.15) is 5.75 Å². The Morgan fingerprint density at radius 1 is 1.58 bits per heavy atom. The number of pyridine rings is 1. The maximum absolute atomic E-state index is 11.6. The van der Waals surface area contributed by atoms with Gasteiger partial charge in [-0.1, -0.05) is 6.08 Å². The van der Waals surface area contributed by atoms with Gasteiger partial charge in [0.15, 0.2) is 0 Å². The molecule has 0 aliphatic carbocycles. The van der Waals surface area contributed by atoms with E-state index in [1.807, 2.05) is 27.0 Å². The van der Waals surface area contributed by atoms with E-state index in [2.05, 4.69) is 11.6 Å². The summed E-state index contributed by atoms with van der Waals surface area (Å²) in [6.45, 7) is 9.62. The number of aromatic nitrogens is 1. The lowest BCUT2D eigenvalue weighted by Gasteiger charge is -2.34. The van der Waals surface area contributed by atoms with E-state index in [9.17, 15) is 10.0 Å². The summed E-state index contributed by atoms with van der Waals surface area (Å²) < 4.78 is 11.6. The van der Waals surface area contributed by atoms with Crippen LogP contribution in [0.15, 0.2) is 18.9 Å². The Kier molecular flexibility index (Phi) is 6.26. The predicted octanol–water partition coefficient (Wildman–Crippen LogP) is 3.17. The van der Waals surface area contributed by atoms with Crippen molar-refractivity contribution >= 4 is 17.7 Å². The summed E-state index contributed by atoms with van der Waals surface area (Å²) in [5.74, 6) is 0.985. The fourth-order valence-electron chi connectivity index (χ4n) is 2.30. The minimum atomic E-state index is -0.652. The second kappa shape index (κ2) is 8.00. The lowest BCUT2D eigenvalue weighted by molar-refractivity contribution is -0.180. The first-order valence-corrected chi connectivity index (χ1v) is 8.96. The molecule has 0 saturated heterocycles. The molecule has 2 rings (SSSR count). The number of aryl methyl sites for hydroxylation is 1. The van der Waals surface area contributed by atoms with Crippen LogP contribution >= 0.6 is 11.8 Å². The van der Waals surface area contributed by atoms with Crippen LogP contribution in [0.5, 0.6) is 5.75 Å². The van der Waals surface area contributed by atoms with E-state index in [1.165, 1.54) is 6.08 Å². The number of thioether (sulfide) groups is 1. The van der Waals surface area contributed by atoms with Crippen molar-refractivity contribution in [1.29, 1.82) is 0 Å². The fourth-order valence-corrected chi connectivity index (χ4v) is 3.23. The third-order valence-corrected chi connectivity index (χ3v) is 4.62. The van der Waals surface area contributed by atoms with Crippen LogP contribution in [0.1, 0.15) is 37.1 Å². The van der Waals surface area contributed by atoms with Crippen LogP contribution in [-0.2, 0) is 21.9 Å². The fraction of sp³-hybridized carbons (Fsp3) is 0.529. The molecule has 2 heterocycles. The minimum absolute atomic E-state index is 0.0311. The van der Waals surface area contributed by atoms with Gasteiger partial charge < -0.3 is 19.7 Å². The van der Waals surface area contributed by atoms with Crippen LogP contribution in [-0.4, -0.2) is 34.0 Å². The first-order valence-electron chi connectivity index (χ1n) is 7.80. The molecule has 1 aliphatic rings. The smallest absolute Gasteiger partial charge is 0.213 e. The van der Waals surface area contributed by atoms with Crippen molar-refractivity contribution in [1.82, 2.24) is 10.0 Å². The number of rotatable bonds is 7. The Morgan fingerprint density at radius 2 is 2.33 bits per heavy atom. The quantitative estimate of drug-likeness (QED) is 0.427. The molecule has 0 unspecified atom stereocenters. The molecule has 1 aromatic rings. The number of hydrogen-bond donors (Lipinski definition) is 0. The van der Waals surface area contributed by atoms with E-state index in [1.54, 1.807) is 11.8 Å². The van der Waals surface area contributed by atoms with Crippen LogP contribution in [0.3, 0.4) is 0 Å². The molecular weight excluding hydrogens is 328 g/mol. The standard InChI is InChI=1S/C17H23N2O4S/c1-5-7-19(21)15(20)6-8-24-11-13-9-18-12(2)16-14(13)10-22-17(3,4)23-16/h5,9H,1,6-8,10-11H2,2-4H3/q-1. The van der Waals surface area contributed by atoms with Crippen LogP contribution in [0.4, 0.5) is 0 Å². The summed E-state index contributed by atoms with van der Waals surface area (Å²) >= 11 is 1.59. The maximum Gasteiger partial charge on any atom is 0.213 e. The number of fused-ring (bicyclic) bond motifs is 1. The molecule has 0 radical (unpaired) electrons. The van der Waals surface area contributed by atoms with E-state index >= 15 is 0 Å². The largest absolute Gasteiger partial charge is 0.756 e. The molecule has 0 fully saturated rings. The molecule has 0 atom stereocenters. The number of carbonyl (C=O) groups excluding carboxylic acids is 1. The Morgan fingerprint density at radius 3 is 3.04 bits per heavy atom. The number of carbonyl (C=O) groups is 1. The number of nitrogens with zero attached hydrogens (tertiary/aromatic N) is 2. The molecule has 1 aromatic heterocycles. The number of ether oxygens (including phenoxy) is 2. The molecule has 0 bridgehead atoms. The van der Waals surface area contributed by atoms with Crippen molar-refractivity contribution in [3.63, 3.8) is 0 Å². The lowest BCUT2D eigenvalue weighted by Crippen LogP contribution is -2.36. The van der Waals surface area contributed by atoms with Crippen LogP contribution in [0.25, 0.3) is 0 Å². The molecule has 1 amide bonds. The average Bonchev–Trinajstić information content (AvgIpc) is 2.53. The summed E-state index contributed by atoms with van der Waals surface area (Å²) in [6, 6.07) is 0. The summed E-state index contributed by atoms with van der Waals surface area (Å²) in [5.41, 5.74) is 2.89. The second-order valence-corrected chi connectivity index (χ2v) is 7.12. The van der Waals surface area contributed by atoms with Gasteiger partial charge in [0.05, 0.1) is 12.3 Å². The zero-order valence-corrected chi connectivity index (χ0v) is 15.1. The van der Waals surface area contributed by atoms with Gasteiger partial charge in [-0.3, -0.25) is 9.78 Å². The summed E-state index contributed by atoms with van der Waals surface area (Å²) in [7, 11) is 0. The molecule has 7 heteroatoms. The van der Waals surface area contributed by atoms with Crippen molar-refractivity contribution in [3.05, 3.63) is 40.9 Å². The number of amides is 1. The lowest BCUT2D eigenvalue weighted by atomic mass is 10.1. The highest BCUT2D eigenvalue weighted by Gasteiger charge is 2.30. The summed E-state index contributed by atoms with van der Waals surface area (Å²) in [6.07, 6.45) is 3.46. The van der Waals surface area contributed by atoms with E-state index in [0.29, 0.717) is 23.2 Å². The van der Waals surface area contributed by atoms with Crippen molar-refractivity contribution in [3.8, 4) is 5.75 Å². The van der Waals surface area contributed by atoms with Crippen molar-refractivity contribution in [2.75, 3.05) is 12.3 Å². The van der Waals surface area contributed by atoms with Gasteiger partial charge >= 0.3 is 0 Å². The molecule has 0 aromatic carbocycles. The maximum atomic E-state index is 11.6. The van der Waals surface area contributed by atoms with Crippen molar-refractivity contribution in [2.45, 2.75) is 45.3 Å². The third-order valence-electron chi connectivity index (χ3n) is 3.61. The average molecular weight is 351 g/mol. The zero-order valence-electron chi connectivity index (χ0n) is 14.3. The van der Waals surface area contributed by atoms with Crippen LogP contribution in [0.2, 0.25) is 0 Å². The molecule has 0 spiro atoms. The number of hydrogen-bond acceptors (Lipinski definition) is 6. The Bertz CT molecular complexity index is 619. The Hall–Kier alpha value is -1.57.